The van der Waals surface area contributed by atoms with Crippen molar-refractivity contribution in [3.05, 3.63) is 29.3 Å². The van der Waals surface area contributed by atoms with E-state index in [2.05, 4.69) is 57.7 Å². The highest BCUT2D eigenvalue weighted by Gasteiger charge is 2.34. The highest BCUT2D eigenvalue weighted by atomic mass is 16.5. The smallest absolute Gasteiger partial charge is 0.128 e. The van der Waals surface area contributed by atoms with Crippen LogP contribution >= 0.6 is 0 Å². The van der Waals surface area contributed by atoms with E-state index in [-0.39, 0.29) is 11.6 Å². The summed E-state index contributed by atoms with van der Waals surface area (Å²) in [5.41, 5.74) is 8.53. The van der Waals surface area contributed by atoms with E-state index >= 15 is 0 Å². The minimum atomic E-state index is -0.105. The third-order valence-electron chi connectivity index (χ3n) is 4.13. The molecule has 0 aromatic heterocycles. The standard InChI is InChI=1S/C17H28N2O/c1-6-19(12(2)3)15(11-18)14-9-7-8-13-10-17(4,5)20-16(13)14/h7-9,12,15H,6,10-11,18H2,1-5H3. The molecule has 0 amide bonds. The molecule has 3 heteroatoms. The lowest BCUT2D eigenvalue weighted by Gasteiger charge is -2.34. The average molecular weight is 276 g/mol. The van der Waals surface area contributed by atoms with Gasteiger partial charge in [0.2, 0.25) is 0 Å². The van der Waals surface area contributed by atoms with Gasteiger partial charge in [-0.3, -0.25) is 4.90 Å². The summed E-state index contributed by atoms with van der Waals surface area (Å²) in [4.78, 5) is 2.43. The first-order valence-electron chi connectivity index (χ1n) is 7.66. The summed E-state index contributed by atoms with van der Waals surface area (Å²) < 4.78 is 6.20. The minimum absolute atomic E-state index is 0.105. The van der Waals surface area contributed by atoms with Gasteiger partial charge in [0, 0.05) is 24.6 Å². The number of para-hydroxylation sites is 1. The van der Waals surface area contributed by atoms with Gasteiger partial charge >= 0.3 is 0 Å². The fourth-order valence-electron chi connectivity index (χ4n) is 3.29. The van der Waals surface area contributed by atoms with Crippen molar-refractivity contribution in [2.24, 2.45) is 5.73 Å². The second-order valence-corrected chi connectivity index (χ2v) is 6.55. The molecule has 3 nitrogen and oxygen atoms in total. The zero-order valence-electron chi connectivity index (χ0n) is 13.4. The number of ether oxygens (including phenoxy) is 1. The van der Waals surface area contributed by atoms with Gasteiger partial charge in [0.15, 0.2) is 0 Å². The maximum Gasteiger partial charge on any atom is 0.128 e. The van der Waals surface area contributed by atoms with E-state index in [0.29, 0.717) is 12.6 Å². The van der Waals surface area contributed by atoms with Crippen molar-refractivity contribution in [3.63, 3.8) is 0 Å². The molecule has 0 radical (unpaired) electrons. The number of hydrogen-bond donors (Lipinski definition) is 1. The zero-order valence-corrected chi connectivity index (χ0v) is 13.4. The quantitative estimate of drug-likeness (QED) is 0.898. The van der Waals surface area contributed by atoms with Crippen LogP contribution in [0.2, 0.25) is 0 Å². The molecule has 0 aliphatic carbocycles. The van der Waals surface area contributed by atoms with Gasteiger partial charge in [-0.25, -0.2) is 0 Å². The minimum Gasteiger partial charge on any atom is -0.487 e. The number of benzene rings is 1. The molecule has 1 aromatic rings. The van der Waals surface area contributed by atoms with Crippen LogP contribution in [-0.2, 0) is 6.42 Å². The highest BCUT2D eigenvalue weighted by Crippen LogP contribution is 2.41. The third-order valence-corrected chi connectivity index (χ3v) is 4.13. The topological polar surface area (TPSA) is 38.5 Å². The number of fused-ring (bicyclic) bond motifs is 1. The predicted molar refractivity (Wildman–Crippen MR) is 84.2 cm³/mol. The largest absolute Gasteiger partial charge is 0.487 e. The molecule has 0 saturated carbocycles. The summed E-state index contributed by atoms with van der Waals surface area (Å²) in [6.45, 7) is 12.5. The van der Waals surface area contributed by atoms with Crippen molar-refractivity contribution in [1.29, 1.82) is 0 Å². The van der Waals surface area contributed by atoms with Gasteiger partial charge in [-0.05, 0) is 39.8 Å². The summed E-state index contributed by atoms with van der Waals surface area (Å²) >= 11 is 0. The maximum atomic E-state index is 6.20. The normalized spacial score (nSPS) is 18.2. The van der Waals surface area contributed by atoms with Crippen LogP contribution in [0.1, 0.15) is 51.8 Å². The molecule has 0 saturated heterocycles. The van der Waals surface area contributed by atoms with Crippen molar-refractivity contribution < 1.29 is 4.74 Å². The van der Waals surface area contributed by atoms with Crippen LogP contribution in [-0.4, -0.2) is 29.6 Å². The van der Waals surface area contributed by atoms with Gasteiger partial charge in [-0.2, -0.15) is 0 Å². The Morgan fingerprint density at radius 3 is 2.60 bits per heavy atom. The molecule has 0 bridgehead atoms. The molecule has 1 heterocycles. The molecule has 1 atom stereocenters. The Morgan fingerprint density at radius 2 is 2.05 bits per heavy atom. The Morgan fingerprint density at radius 1 is 1.35 bits per heavy atom. The van der Waals surface area contributed by atoms with Gasteiger partial charge < -0.3 is 10.5 Å². The van der Waals surface area contributed by atoms with Gasteiger partial charge in [-0.1, -0.05) is 25.1 Å². The highest BCUT2D eigenvalue weighted by molar-refractivity contribution is 5.47. The Hall–Kier alpha value is -1.06. The molecule has 1 aliphatic heterocycles. The van der Waals surface area contributed by atoms with Crippen molar-refractivity contribution >= 4 is 0 Å². The summed E-state index contributed by atoms with van der Waals surface area (Å²) in [5, 5.41) is 0. The lowest BCUT2D eigenvalue weighted by Crippen LogP contribution is -2.38. The van der Waals surface area contributed by atoms with E-state index in [0.717, 1.165) is 18.7 Å². The fourth-order valence-corrected chi connectivity index (χ4v) is 3.29. The van der Waals surface area contributed by atoms with Crippen LogP contribution in [0.3, 0.4) is 0 Å². The molecule has 2 rings (SSSR count). The predicted octanol–water partition coefficient (Wildman–Crippen LogP) is 3.13. The second kappa shape index (κ2) is 5.74. The zero-order chi connectivity index (χ0) is 14.9. The van der Waals surface area contributed by atoms with Gasteiger partial charge in [0.1, 0.15) is 11.4 Å². The SMILES string of the molecule is CCN(C(C)C)C(CN)c1cccc2c1OC(C)(C)C2. The molecule has 0 fully saturated rings. The van der Waals surface area contributed by atoms with Gasteiger partial charge in [0.25, 0.3) is 0 Å². The number of nitrogens with zero attached hydrogens (tertiary/aromatic N) is 1. The van der Waals surface area contributed by atoms with E-state index in [1.807, 2.05) is 0 Å². The monoisotopic (exact) mass is 276 g/mol. The fraction of sp³-hybridized carbons (Fsp3) is 0.647. The Labute approximate surface area is 123 Å². The number of hydrogen-bond acceptors (Lipinski definition) is 3. The van der Waals surface area contributed by atoms with E-state index < -0.39 is 0 Å². The van der Waals surface area contributed by atoms with E-state index in [4.69, 9.17) is 10.5 Å². The summed E-state index contributed by atoms with van der Waals surface area (Å²) in [6, 6.07) is 7.17. The second-order valence-electron chi connectivity index (χ2n) is 6.55. The number of rotatable bonds is 5. The van der Waals surface area contributed by atoms with E-state index in [1.54, 1.807) is 0 Å². The van der Waals surface area contributed by atoms with Crippen LogP contribution in [0.15, 0.2) is 18.2 Å². The van der Waals surface area contributed by atoms with Crippen LogP contribution in [0.4, 0.5) is 0 Å². The molecule has 0 spiro atoms. The molecular weight excluding hydrogens is 248 g/mol. The van der Waals surface area contributed by atoms with Gasteiger partial charge in [0.05, 0.1) is 6.04 Å². The van der Waals surface area contributed by atoms with Crippen molar-refractivity contribution in [2.75, 3.05) is 13.1 Å². The molecule has 1 aromatic carbocycles. The third kappa shape index (κ3) is 2.84. The summed E-state index contributed by atoms with van der Waals surface area (Å²) in [6.07, 6.45) is 0.973. The van der Waals surface area contributed by atoms with Crippen molar-refractivity contribution in [3.8, 4) is 5.75 Å². The molecule has 20 heavy (non-hydrogen) atoms. The Bertz CT molecular complexity index is 468. The van der Waals surface area contributed by atoms with E-state index in [9.17, 15) is 0 Å². The summed E-state index contributed by atoms with van der Waals surface area (Å²) in [7, 11) is 0. The van der Waals surface area contributed by atoms with Gasteiger partial charge in [-0.15, -0.1) is 0 Å². The number of likely N-dealkylation sites (N-methyl/N-ethyl adjacent to an activating group) is 1. The van der Waals surface area contributed by atoms with Crippen molar-refractivity contribution in [2.45, 2.75) is 58.7 Å². The maximum absolute atomic E-state index is 6.20. The lowest BCUT2D eigenvalue weighted by molar-refractivity contribution is 0.127. The van der Waals surface area contributed by atoms with E-state index in [1.165, 1.54) is 11.1 Å². The lowest BCUT2D eigenvalue weighted by atomic mass is 9.97. The number of nitrogens with two attached hydrogens (primary N) is 1. The van der Waals surface area contributed by atoms with Crippen LogP contribution < -0.4 is 10.5 Å². The van der Waals surface area contributed by atoms with Crippen LogP contribution in [0.5, 0.6) is 5.75 Å². The molecule has 112 valence electrons. The molecule has 2 N–H and O–H groups in total. The molecule has 1 unspecified atom stereocenters. The first kappa shape index (κ1) is 15.3. The van der Waals surface area contributed by atoms with Crippen LogP contribution in [0, 0.1) is 0 Å². The Balaban J connectivity index is 2.40. The summed E-state index contributed by atoms with van der Waals surface area (Å²) in [5.74, 6) is 1.06. The van der Waals surface area contributed by atoms with Crippen molar-refractivity contribution in [1.82, 2.24) is 4.90 Å². The molecular formula is C17H28N2O. The first-order chi connectivity index (χ1) is 9.39. The molecule has 1 aliphatic rings. The Kier molecular flexibility index (Phi) is 4.40. The first-order valence-corrected chi connectivity index (χ1v) is 7.66. The van der Waals surface area contributed by atoms with Crippen LogP contribution in [0.25, 0.3) is 0 Å². The average Bonchev–Trinajstić information content (AvgIpc) is 2.69.